The quantitative estimate of drug-likeness (QED) is 0.662. The number of nitrogens with one attached hydrogen (secondary N) is 1. The second kappa shape index (κ2) is 9.05. The Morgan fingerprint density at radius 3 is 2.33 bits per heavy atom. The van der Waals surface area contributed by atoms with Crippen molar-refractivity contribution in [3.63, 3.8) is 0 Å². The Kier molecular flexibility index (Phi) is 6.05. The molecule has 0 saturated heterocycles. The minimum atomic E-state index is -0.766. The molecule has 1 heterocycles. The molecule has 0 aromatic heterocycles. The number of para-hydroxylation sites is 1. The van der Waals surface area contributed by atoms with Crippen LogP contribution < -0.4 is 10.2 Å². The molecule has 1 aliphatic rings. The van der Waals surface area contributed by atoms with Crippen LogP contribution in [0.25, 0.3) is 0 Å². The number of ether oxygens (including phenoxy) is 1. The van der Waals surface area contributed by atoms with E-state index in [0.717, 1.165) is 21.7 Å². The van der Waals surface area contributed by atoms with E-state index in [1.54, 1.807) is 23.7 Å². The first kappa shape index (κ1) is 20.0. The maximum Gasteiger partial charge on any atom is 0.408 e. The van der Waals surface area contributed by atoms with Gasteiger partial charge in [-0.2, -0.15) is 0 Å². The van der Waals surface area contributed by atoms with Crippen molar-refractivity contribution in [1.29, 1.82) is 0 Å². The van der Waals surface area contributed by atoms with Gasteiger partial charge >= 0.3 is 6.09 Å². The zero-order chi connectivity index (χ0) is 20.9. The Morgan fingerprint density at radius 1 is 0.967 bits per heavy atom. The number of hydrogen-bond acceptors (Lipinski definition) is 4. The van der Waals surface area contributed by atoms with Crippen molar-refractivity contribution in [2.45, 2.75) is 22.8 Å². The molecule has 2 amide bonds. The molecule has 0 fully saturated rings. The smallest absolute Gasteiger partial charge is 0.408 e. The predicted octanol–water partition coefficient (Wildman–Crippen LogP) is 4.79. The highest BCUT2D eigenvalue weighted by molar-refractivity contribution is 7.99. The summed E-state index contributed by atoms with van der Waals surface area (Å²) < 4.78 is 5.39. The molecule has 0 spiro atoms. The lowest BCUT2D eigenvalue weighted by Crippen LogP contribution is -2.49. The van der Waals surface area contributed by atoms with Crippen LogP contribution in [0.2, 0.25) is 0 Å². The molecule has 1 aliphatic heterocycles. The van der Waals surface area contributed by atoms with Crippen LogP contribution in [-0.2, 0) is 16.1 Å². The number of hydrogen-bond donors (Lipinski definition) is 1. The van der Waals surface area contributed by atoms with Gasteiger partial charge < -0.3 is 15.0 Å². The van der Waals surface area contributed by atoms with Crippen molar-refractivity contribution < 1.29 is 14.3 Å². The number of carbonyl (C=O) groups is 2. The summed E-state index contributed by atoms with van der Waals surface area (Å²) >= 11 is 1.57. The van der Waals surface area contributed by atoms with E-state index >= 15 is 0 Å². The van der Waals surface area contributed by atoms with Crippen LogP contribution in [-0.4, -0.2) is 25.1 Å². The third-order valence-electron chi connectivity index (χ3n) is 4.99. The van der Waals surface area contributed by atoms with Gasteiger partial charge in [0, 0.05) is 11.9 Å². The number of fused-ring (bicyclic) bond motifs is 1. The van der Waals surface area contributed by atoms with Crippen molar-refractivity contribution in [3.05, 3.63) is 96.1 Å². The Labute approximate surface area is 180 Å². The van der Waals surface area contributed by atoms with Gasteiger partial charge in [0.2, 0.25) is 0 Å². The van der Waals surface area contributed by atoms with Gasteiger partial charge in [0.15, 0.2) is 0 Å². The molecule has 2 atom stereocenters. The van der Waals surface area contributed by atoms with Crippen LogP contribution in [0.1, 0.15) is 16.4 Å². The molecule has 1 N–H and O–H groups in total. The van der Waals surface area contributed by atoms with Crippen molar-refractivity contribution >= 4 is 29.4 Å². The summed E-state index contributed by atoms with van der Waals surface area (Å²) in [6, 6.07) is 26.2. The third kappa shape index (κ3) is 4.33. The molecule has 30 heavy (non-hydrogen) atoms. The predicted molar refractivity (Wildman–Crippen MR) is 118 cm³/mol. The normalized spacial score (nSPS) is 18.3. The molecule has 0 bridgehead atoms. The van der Waals surface area contributed by atoms with Crippen LogP contribution in [0.4, 0.5) is 10.5 Å². The molecule has 4 rings (SSSR count). The van der Waals surface area contributed by atoms with Crippen LogP contribution >= 0.6 is 11.8 Å². The van der Waals surface area contributed by atoms with Gasteiger partial charge in [0.1, 0.15) is 12.6 Å². The van der Waals surface area contributed by atoms with Crippen LogP contribution in [0.3, 0.4) is 0 Å². The Morgan fingerprint density at radius 2 is 1.60 bits per heavy atom. The minimum absolute atomic E-state index is 0.146. The molecule has 0 radical (unpaired) electrons. The largest absolute Gasteiger partial charge is 0.445 e. The summed E-state index contributed by atoms with van der Waals surface area (Å²) in [4.78, 5) is 28.5. The number of nitrogens with zero attached hydrogens (tertiary/aromatic N) is 1. The monoisotopic (exact) mass is 418 g/mol. The third-order valence-corrected chi connectivity index (χ3v) is 6.39. The Balaban J connectivity index is 1.60. The van der Waals surface area contributed by atoms with E-state index in [-0.39, 0.29) is 17.8 Å². The number of carbonyl (C=O) groups excluding carboxylic acids is 2. The summed E-state index contributed by atoms with van der Waals surface area (Å²) in [7, 11) is 1.74. The van der Waals surface area contributed by atoms with E-state index in [0.29, 0.717) is 0 Å². The van der Waals surface area contributed by atoms with Gasteiger partial charge in [0.25, 0.3) is 5.91 Å². The number of amides is 2. The van der Waals surface area contributed by atoms with Crippen LogP contribution in [0.15, 0.2) is 89.8 Å². The maximum atomic E-state index is 13.3. The number of thioether (sulfide) groups is 1. The summed E-state index contributed by atoms with van der Waals surface area (Å²) in [5, 5.41) is 2.54. The number of anilines is 1. The average molecular weight is 419 g/mol. The van der Waals surface area contributed by atoms with E-state index in [4.69, 9.17) is 4.74 Å². The lowest BCUT2D eigenvalue weighted by molar-refractivity contribution is -0.120. The average Bonchev–Trinajstić information content (AvgIpc) is 2.90. The van der Waals surface area contributed by atoms with Gasteiger partial charge in [-0.3, -0.25) is 4.79 Å². The van der Waals surface area contributed by atoms with Crippen LogP contribution in [0.5, 0.6) is 0 Å². The number of rotatable bonds is 4. The van der Waals surface area contributed by atoms with Gasteiger partial charge in [-0.15, -0.1) is 11.8 Å². The van der Waals surface area contributed by atoms with E-state index in [1.165, 1.54) is 0 Å². The SMILES string of the molecule is CN1C(=O)[C@@H](NC(=O)OCc2ccccc2)[C@@H](c2ccccc2)Sc2ccccc21. The van der Waals surface area contributed by atoms with Crippen LogP contribution in [0, 0.1) is 0 Å². The highest BCUT2D eigenvalue weighted by atomic mass is 32.2. The Bertz CT molecular complexity index is 1030. The minimum Gasteiger partial charge on any atom is -0.445 e. The van der Waals surface area contributed by atoms with E-state index in [9.17, 15) is 9.59 Å². The molecular formula is C24H22N2O3S. The first-order chi connectivity index (χ1) is 14.6. The molecule has 0 saturated carbocycles. The first-order valence-corrected chi connectivity index (χ1v) is 10.6. The molecule has 6 heteroatoms. The Hall–Kier alpha value is -3.25. The first-order valence-electron chi connectivity index (χ1n) is 9.69. The molecular weight excluding hydrogens is 396 g/mol. The molecule has 0 unspecified atom stereocenters. The second-order valence-corrected chi connectivity index (χ2v) is 8.18. The van der Waals surface area contributed by atoms with Gasteiger partial charge in [-0.1, -0.05) is 72.8 Å². The molecule has 5 nitrogen and oxygen atoms in total. The van der Waals surface area contributed by atoms with E-state index in [1.807, 2.05) is 84.9 Å². The number of alkyl carbamates (subject to hydrolysis) is 1. The fourth-order valence-corrected chi connectivity index (χ4v) is 4.80. The molecule has 152 valence electrons. The van der Waals surface area contributed by atoms with Crippen molar-refractivity contribution in [3.8, 4) is 0 Å². The lowest BCUT2D eigenvalue weighted by Gasteiger charge is -2.26. The fraction of sp³-hybridized carbons (Fsp3) is 0.167. The lowest BCUT2D eigenvalue weighted by atomic mass is 10.0. The van der Waals surface area contributed by atoms with E-state index in [2.05, 4.69) is 5.32 Å². The molecule has 3 aromatic carbocycles. The standard InChI is InChI=1S/C24H22N2O3S/c1-26-19-14-8-9-15-20(19)30-22(18-12-6-3-7-13-18)21(23(26)27)25-24(28)29-16-17-10-4-2-5-11-17/h2-15,21-22H,16H2,1H3,(H,25,28)/t21-,22+/m0/s1. The zero-order valence-corrected chi connectivity index (χ0v) is 17.3. The topological polar surface area (TPSA) is 58.6 Å². The maximum absolute atomic E-state index is 13.3. The van der Waals surface area contributed by atoms with Gasteiger partial charge in [0.05, 0.1) is 10.9 Å². The molecule has 0 aliphatic carbocycles. The summed E-state index contributed by atoms with van der Waals surface area (Å²) in [5.74, 6) is -0.182. The van der Waals surface area contributed by atoms with E-state index < -0.39 is 12.1 Å². The second-order valence-electron chi connectivity index (χ2n) is 7.00. The van der Waals surface area contributed by atoms with Crippen molar-refractivity contribution in [2.24, 2.45) is 0 Å². The zero-order valence-electron chi connectivity index (χ0n) is 16.5. The summed E-state index contributed by atoms with van der Waals surface area (Å²) in [6.07, 6.45) is -0.613. The van der Waals surface area contributed by atoms with Crippen molar-refractivity contribution in [1.82, 2.24) is 5.32 Å². The summed E-state index contributed by atoms with van der Waals surface area (Å²) in [5.41, 5.74) is 2.68. The molecule has 3 aromatic rings. The fourth-order valence-electron chi connectivity index (χ4n) is 3.43. The number of benzene rings is 3. The van der Waals surface area contributed by atoms with Crippen molar-refractivity contribution in [2.75, 3.05) is 11.9 Å². The highest BCUT2D eigenvalue weighted by Gasteiger charge is 2.38. The summed E-state index contributed by atoms with van der Waals surface area (Å²) in [6.45, 7) is 0.146. The number of likely N-dealkylation sites (N-methyl/N-ethyl adjacent to an activating group) is 1. The van der Waals surface area contributed by atoms with Gasteiger partial charge in [-0.25, -0.2) is 4.79 Å². The van der Waals surface area contributed by atoms with Gasteiger partial charge in [-0.05, 0) is 23.3 Å². The highest BCUT2D eigenvalue weighted by Crippen LogP contribution is 2.45.